The van der Waals surface area contributed by atoms with Crippen molar-refractivity contribution in [2.24, 2.45) is 0 Å². The van der Waals surface area contributed by atoms with Crippen LogP contribution in [0.3, 0.4) is 0 Å². The Bertz CT molecular complexity index is 1220. The Labute approximate surface area is 203 Å². The summed E-state index contributed by atoms with van der Waals surface area (Å²) in [5, 5.41) is 17.2. The van der Waals surface area contributed by atoms with Crippen LogP contribution < -0.4 is 4.74 Å². The molecule has 1 aromatic heterocycles. The largest absolute Gasteiger partial charge is 0.496 e. The van der Waals surface area contributed by atoms with Crippen molar-refractivity contribution in [3.63, 3.8) is 0 Å². The first kappa shape index (κ1) is 23.1. The molecule has 9 heteroatoms. The third-order valence-corrected chi connectivity index (χ3v) is 6.78. The van der Waals surface area contributed by atoms with Gasteiger partial charge >= 0.3 is 0 Å². The highest BCUT2D eigenvalue weighted by atomic mass is 16.5. The molecule has 2 N–H and O–H groups in total. The molecule has 2 atom stereocenters. The molecule has 2 aromatic carbocycles. The Kier molecular flexibility index (Phi) is 6.27. The van der Waals surface area contributed by atoms with E-state index in [-0.39, 0.29) is 30.5 Å². The SMILES string of the molecule is COc1cc(C(=O)N2CC(O)C[C@@H]2c2cccc(C(=O)N3CC(OC)C3)c2)ccc1-c1cn[nH]c1. The predicted molar refractivity (Wildman–Crippen MR) is 128 cm³/mol. The van der Waals surface area contributed by atoms with E-state index in [1.54, 1.807) is 54.6 Å². The van der Waals surface area contributed by atoms with Gasteiger partial charge in [-0.3, -0.25) is 14.7 Å². The van der Waals surface area contributed by atoms with Gasteiger partial charge in [0, 0.05) is 55.2 Å². The molecule has 0 saturated carbocycles. The van der Waals surface area contributed by atoms with Gasteiger partial charge in [0.05, 0.1) is 31.6 Å². The summed E-state index contributed by atoms with van der Waals surface area (Å²) in [5.74, 6) is 0.298. The minimum Gasteiger partial charge on any atom is -0.496 e. The maximum Gasteiger partial charge on any atom is 0.254 e. The van der Waals surface area contributed by atoms with Gasteiger partial charge < -0.3 is 24.4 Å². The average molecular weight is 477 g/mol. The molecular formula is C26H28N4O5. The van der Waals surface area contributed by atoms with E-state index in [1.807, 2.05) is 24.3 Å². The fraction of sp³-hybridized carbons (Fsp3) is 0.346. The van der Waals surface area contributed by atoms with Gasteiger partial charge in [-0.1, -0.05) is 12.1 Å². The van der Waals surface area contributed by atoms with E-state index in [2.05, 4.69) is 10.2 Å². The fourth-order valence-corrected chi connectivity index (χ4v) is 4.80. The number of methoxy groups -OCH3 is 2. The second-order valence-electron chi connectivity index (χ2n) is 8.96. The molecule has 3 aromatic rings. The minimum atomic E-state index is -0.645. The number of aliphatic hydroxyl groups excluding tert-OH is 1. The number of aromatic nitrogens is 2. The number of nitrogens with one attached hydrogen (secondary N) is 1. The van der Waals surface area contributed by atoms with Crippen LogP contribution in [0.4, 0.5) is 0 Å². The Balaban J connectivity index is 1.39. The van der Waals surface area contributed by atoms with Gasteiger partial charge in [-0.25, -0.2) is 0 Å². The van der Waals surface area contributed by atoms with E-state index in [0.29, 0.717) is 36.4 Å². The average Bonchev–Trinajstić information content (AvgIpc) is 3.52. The lowest BCUT2D eigenvalue weighted by Crippen LogP contribution is -2.54. The van der Waals surface area contributed by atoms with Crippen molar-refractivity contribution in [2.45, 2.75) is 24.7 Å². The lowest BCUT2D eigenvalue weighted by molar-refractivity contribution is -0.0192. The Morgan fingerprint density at radius 2 is 1.86 bits per heavy atom. The summed E-state index contributed by atoms with van der Waals surface area (Å²) < 4.78 is 10.8. The first-order chi connectivity index (χ1) is 17.0. The van der Waals surface area contributed by atoms with Gasteiger partial charge in [0.2, 0.25) is 0 Å². The lowest BCUT2D eigenvalue weighted by Gasteiger charge is -2.38. The molecule has 35 heavy (non-hydrogen) atoms. The molecule has 2 aliphatic rings. The highest BCUT2D eigenvalue weighted by Gasteiger charge is 2.37. The van der Waals surface area contributed by atoms with Gasteiger partial charge in [-0.2, -0.15) is 5.10 Å². The maximum absolute atomic E-state index is 13.5. The third-order valence-electron chi connectivity index (χ3n) is 6.78. The van der Waals surface area contributed by atoms with Crippen molar-refractivity contribution in [3.05, 3.63) is 71.5 Å². The second-order valence-corrected chi connectivity index (χ2v) is 8.96. The molecule has 0 bridgehead atoms. The van der Waals surface area contributed by atoms with Crippen LogP contribution in [0.25, 0.3) is 11.1 Å². The molecule has 2 aliphatic heterocycles. The van der Waals surface area contributed by atoms with E-state index in [0.717, 1.165) is 16.7 Å². The van der Waals surface area contributed by atoms with Crippen LogP contribution >= 0.6 is 0 Å². The van der Waals surface area contributed by atoms with Gasteiger partial charge in [-0.05, 0) is 42.3 Å². The molecule has 9 nitrogen and oxygen atoms in total. The third kappa shape index (κ3) is 4.40. The number of H-pyrrole nitrogens is 1. The molecule has 0 spiro atoms. The number of likely N-dealkylation sites (tertiary alicyclic amines) is 2. The van der Waals surface area contributed by atoms with Crippen LogP contribution in [-0.2, 0) is 4.74 Å². The monoisotopic (exact) mass is 476 g/mol. The molecule has 2 saturated heterocycles. The summed E-state index contributed by atoms with van der Waals surface area (Å²) in [4.78, 5) is 29.8. The summed E-state index contributed by atoms with van der Waals surface area (Å²) in [7, 11) is 3.20. The first-order valence-corrected chi connectivity index (χ1v) is 11.6. The first-order valence-electron chi connectivity index (χ1n) is 11.6. The molecule has 1 unspecified atom stereocenters. The van der Waals surface area contributed by atoms with Crippen molar-refractivity contribution in [1.82, 2.24) is 20.0 Å². The summed E-state index contributed by atoms with van der Waals surface area (Å²) >= 11 is 0. The number of amides is 2. The molecule has 0 aliphatic carbocycles. The lowest BCUT2D eigenvalue weighted by atomic mass is 9.99. The Morgan fingerprint density at radius 1 is 1.06 bits per heavy atom. The predicted octanol–water partition coefficient (Wildman–Crippen LogP) is 2.50. The topological polar surface area (TPSA) is 108 Å². The summed E-state index contributed by atoms with van der Waals surface area (Å²) in [5.41, 5.74) is 3.54. The van der Waals surface area contributed by atoms with Crippen LogP contribution in [-0.4, -0.2) is 83.0 Å². The number of carbonyl (C=O) groups is 2. The van der Waals surface area contributed by atoms with E-state index >= 15 is 0 Å². The number of nitrogens with zero attached hydrogens (tertiary/aromatic N) is 3. The van der Waals surface area contributed by atoms with Crippen LogP contribution in [0, 0.1) is 0 Å². The number of carbonyl (C=O) groups excluding carboxylic acids is 2. The Hall–Kier alpha value is -3.69. The van der Waals surface area contributed by atoms with E-state index < -0.39 is 6.10 Å². The standard InChI is InChI=1S/C26H28N4O5/c1-34-21-14-29(15-21)25(32)17-5-3-4-16(8-17)23-10-20(31)13-30(23)26(33)18-6-7-22(24(9-18)35-2)19-11-27-28-12-19/h3-9,11-12,20-21,23,31H,10,13-15H2,1-2H3,(H,27,28)/t20?,23-/m1/s1. The van der Waals surface area contributed by atoms with Crippen molar-refractivity contribution in [2.75, 3.05) is 33.9 Å². The zero-order chi connectivity index (χ0) is 24.5. The number of ether oxygens (including phenoxy) is 2. The summed E-state index contributed by atoms with van der Waals surface area (Å²) in [6.45, 7) is 1.36. The fourth-order valence-electron chi connectivity index (χ4n) is 4.80. The van der Waals surface area contributed by atoms with Gasteiger partial charge in [0.15, 0.2) is 0 Å². The van der Waals surface area contributed by atoms with Crippen LogP contribution in [0.15, 0.2) is 54.9 Å². The van der Waals surface area contributed by atoms with Crippen molar-refractivity contribution >= 4 is 11.8 Å². The minimum absolute atomic E-state index is 0.0591. The normalized spacial score (nSPS) is 20.1. The number of β-amino-alcohol motifs (C(OH)–C–C–N with tert-alkyl or cyclic N) is 1. The molecule has 0 radical (unpaired) electrons. The van der Waals surface area contributed by atoms with Crippen LogP contribution in [0.5, 0.6) is 5.75 Å². The highest BCUT2D eigenvalue weighted by Crippen LogP contribution is 2.36. The van der Waals surface area contributed by atoms with Crippen molar-refractivity contribution in [3.8, 4) is 16.9 Å². The Morgan fingerprint density at radius 3 is 2.57 bits per heavy atom. The zero-order valence-corrected chi connectivity index (χ0v) is 19.7. The summed E-state index contributed by atoms with van der Waals surface area (Å²) in [6.07, 6.45) is 3.29. The number of hydrogen-bond donors (Lipinski definition) is 2. The number of aliphatic hydroxyl groups is 1. The quantitative estimate of drug-likeness (QED) is 0.566. The van der Waals surface area contributed by atoms with Crippen molar-refractivity contribution in [1.29, 1.82) is 0 Å². The molecule has 2 fully saturated rings. The second kappa shape index (κ2) is 9.52. The van der Waals surface area contributed by atoms with E-state index in [4.69, 9.17) is 9.47 Å². The van der Waals surface area contributed by atoms with Crippen molar-refractivity contribution < 1.29 is 24.2 Å². The smallest absolute Gasteiger partial charge is 0.254 e. The molecule has 3 heterocycles. The van der Waals surface area contributed by atoms with E-state index in [9.17, 15) is 14.7 Å². The van der Waals surface area contributed by atoms with Gasteiger partial charge in [-0.15, -0.1) is 0 Å². The number of rotatable bonds is 6. The molecule has 2 amide bonds. The van der Waals surface area contributed by atoms with Gasteiger partial charge in [0.1, 0.15) is 5.75 Å². The van der Waals surface area contributed by atoms with Crippen LogP contribution in [0.1, 0.15) is 38.7 Å². The molecule has 5 rings (SSSR count). The number of aromatic amines is 1. The summed E-state index contributed by atoms with van der Waals surface area (Å²) in [6, 6.07) is 12.3. The molecular weight excluding hydrogens is 448 g/mol. The highest BCUT2D eigenvalue weighted by molar-refractivity contribution is 5.97. The van der Waals surface area contributed by atoms with Crippen LogP contribution in [0.2, 0.25) is 0 Å². The maximum atomic E-state index is 13.5. The van der Waals surface area contributed by atoms with Gasteiger partial charge in [0.25, 0.3) is 11.8 Å². The number of benzene rings is 2. The number of hydrogen-bond acceptors (Lipinski definition) is 6. The van der Waals surface area contributed by atoms with E-state index in [1.165, 1.54) is 0 Å². The molecule has 182 valence electrons. The zero-order valence-electron chi connectivity index (χ0n) is 19.7.